The van der Waals surface area contributed by atoms with E-state index in [0.717, 1.165) is 42.0 Å². The Morgan fingerprint density at radius 1 is 1.00 bits per heavy atom. The number of amides is 1. The summed E-state index contributed by atoms with van der Waals surface area (Å²) in [4.78, 5) is 14.5. The van der Waals surface area contributed by atoms with Crippen LogP contribution in [0.2, 0.25) is 0 Å². The second kappa shape index (κ2) is 8.87. The van der Waals surface area contributed by atoms with Gasteiger partial charge < -0.3 is 16.0 Å². The Morgan fingerprint density at radius 3 is 2.43 bits per heavy atom. The standard InChI is InChI=1S/C26H27N3O/c1-19(28-25-10-6-5-9-24(25)27)22-13-15-23(16-14-22)29-18-21(17-26(29)30)12-11-20-7-3-2-4-8-20/h2-10,13-16,21,28H,1,11-12,17-18,27H2. The van der Waals surface area contributed by atoms with E-state index in [4.69, 9.17) is 5.73 Å². The normalized spacial score (nSPS) is 15.9. The van der Waals surface area contributed by atoms with Crippen LogP contribution >= 0.6 is 0 Å². The van der Waals surface area contributed by atoms with Crippen molar-refractivity contribution in [3.63, 3.8) is 0 Å². The molecule has 152 valence electrons. The molecule has 1 amide bonds. The lowest BCUT2D eigenvalue weighted by molar-refractivity contribution is -0.117. The van der Waals surface area contributed by atoms with Gasteiger partial charge in [0.15, 0.2) is 0 Å². The Morgan fingerprint density at radius 2 is 1.70 bits per heavy atom. The van der Waals surface area contributed by atoms with Gasteiger partial charge in [-0.1, -0.05) is 61.2 Å². The molecule has 1 aliphatic rings. The maximum Gasteiger partial charge on any atom is 0.227 e. The van der Waals surface area contributed by atoms with Crippen LogP contribution in [0.5, 0.6) is 0 Å². The van der Waals surface area contributed by atoms with E-state index >= 15 is 0 Å². The molecule has 3 N–H and O–H groups in total. The second-order valence-corrected chi connectivity index (χ2v) is 7.84. The van der Waals surface area contributed by atoms with Crippen molar-refractivity contribution in [1.29, 1.82) is 0 Å². The van der Waals surface area contributed by atoms with Crippen molar-refractivity contribution in [3.8, 4) is 0 Å². The van der Waals surface area contributed by atoms with Gasteiger partial charge in [0, 0.05) is 24.4 Å². The molecule has 1 atom stereocenters. The Labute approximate surface area is 178 Å². The van der Waals surface area contributed by atoms with Crippen molar-refractivity contribution in [3.05, 3.63) is 96.6 Å². The molecule has 30 heavy (non-hydrogen) atoms. The molecular weight excluding hydrogens is 370 g/mol. The van der Waals surface area contributed by atoms with E-state index in [1.54, 1.807) is 0 Å². The highest BCUT2D eigenvalue weighted by Crippen LogP contribution is 2.29. The van der Waals surface area contributed by atoms with Crippen LogP contribution < -0.4 is 16.0 Å². The first kappa shape index (κ1) is 19.8. The van der Waals surface area contributed by atoms with Crippen LogP contribution in [0, 0.1) is 5.92 Å². The fraction of sp³-hybridized carbons (Fsp3) is 0.192. The topological polar surface area (TPSA) is 58.4 Å². The summed E-state index contributed by atoms with van der Waals surface area (Å²) in [6, 6.07) is 26.1. The largest absolute Gasteiger partial charge is 0.397 e. The van der Waals surface area contributed by atoms with Gasteiger partial charge in [0.05, 0.1) is 11.4 Å². The van der Waals surface area contributed by atoms with Crippen LogP contribution in [0.25, 0.3) is 5.70 Å². The van der Waals surface area contributed by atoms with Crippen LogP contribution in [0.4, 0.5) is 17.1 Å². The SMILES string of the molecule is C=C(Nc1ccccc1N)c1ccc(N2CC(CCc3ccccc3)CC2=O)cc1. The van der Waals surface area contributed by atoms with Crippen molar-refractivity contribution in [1.82, 2.24) is 0 Å². The zero-order chi connectivity index (χ0) is 20.9. The minimum atomic E-state index is 0.204. The molecule has 0 radical (unpaired) electrons. The molecule has 4 nitrogen and oxygen atoms in total. The number of nitrogen functional groups attached to an aromatic ring is 1. The molecule has 4 heteroatoms. The van der Waals surface area contributed by atoms with Crippen LogP contribution in [0.1, 0.15) is 24.0 Å². The summed E-state index contributed by atoms with van der Waals surface area (Å²) in [6.07, 6.45) is 2.67. The first-order valence-corrected chi connectivity index (χ1v) is 10.4. The first-order valence-electron chi connectivity index (χ1n) is 10.4. The van der Waals surface area contributed by atoms with E-state index in [0.29, 0.717) is 18.0 Å². The quantitative estimate of drug-likeness (QED) is 0.529. The number of carbonyl (C=O) groups is 1. The van der Waals surface area contributed by atoms with Gasteiger partial charge in [-0.05, 0) is 54.2 Å². The number of nitrogens with two attached hydrogens (primary N) is 1. The lowest BCUT2D eigenvalue weighted by atomic mass is 9.99. The van der Waals surface area contributed by atoms with E-state index in [-0.39, 0.29) is 5.91 Å². The van der Waals surface area contributed by atoms with Crippen LogP contribution in [-0.4, -0.2) is 12.5 Å². The number of nitrogens with zero attached hydrogens (tertiary/aromatic N) is 1. The van der Waals surface area contributed by atoms with Crippen molar-refractivity contribution in [2.45, 2.75) is 19.3 Å². The van der Waals surface area contributed by atoms with Gasteiger partial charge in [-0.2, -0.15) is 0 Å². The molecule has 0 bridgehead atoms. The van der Waals surface area contributed by atoms with E-state index < -0.39 is 0 Å². The minimum absolute atomic E-state index is 0.204. The van der Waals surface area contributed by atoms with Crippen LogP contribution in [0.3, 0.4) is 0 Å². The predicted octanol–water partition coefficient (Wildman–Crippen LogP) is 5.34. The van der Waals surface area contributed by atoms with Crippen LogP contribution in [0.15, 0.2) is 85.4 Å². The number of benzene rings is 3. The number of aryl methyl sites for hydroxylation is 1. The summed E-state index contributed by atoms with van der Waals surface area (Å²) in [6.45, 7) is 4.90. The summed E-state index contributed by atoms with van der Waals surface area (Å²) in [7, 11) is 0. The Hall–Kier alpha value is -3.53. The first-order chi connectivity index (χ1) is 14.6. The summed E-state index contributed by atoms with van der Waals surface area (Å²) in [5.41, 5.74) is 11.5. The highest BCUT2D eigenvalue weighted by molar-refractivity contribution is 5.96. The van der Waals surface area contributed by atoms with E-state index in [2.05, 4.69) is 36.2 Å². The van der Waals surface area contributed by atoms with E-state index in [1.807, 2.05) is 59.5 Å². The van der Waals surface area contributed by atoms with Gasteiger partial charge in [0.2, 0.25) is 5.91 Å². The lowest BCUT2D eigenvalue weighted by Crippen LogP contribution is -2.24. The third-order valence-corrected chi connectivity index (χ3v) is 5.66. The van der Waals surface area contributed by atoms with Gasteiger partial charge in [-0.25, -0.2) is 0 Å². The molecule has 0 saturated carbocycles. The number of nitrogens with one attached hydrogen (secondary N) is 1. The number of hydrogen-bond donors (Lipinski definition) is 2. The third kappa shape index (κ3) is 4.54. The molecule has 3 aromatic rings. The molecule has 1 saturated heterocycles. The molecule has 3 aromatic carbocycles. The monoisotopic (exact) mass is 397 g/mol. The van der Waals surface area contributed by atoms with Gasteiger partial charge >= 0.3 is 0 Å². The molecule has 0 aliphatic carbocycles. The summed E-state index contributed by atoms with van der Waals surface area (Å²) in [5.74, 6) is 0.602. The van der Waals surface area contributed by atoms with Gasteiger partial charge in [-0.15, -0.1) is 0 Å². The number of rotatable bonds is 7. The third-order valence-electron chi connectivity index (χ3n) is 5.66. The zero-order valence-corrected chi connectivity index (χ0v) is 17.1. The highest BCUT2D eigenvalue weighted by atomic mass is 16.2. The summed E-state index contributed by atoms with van der Waals surface area (Å²) >= 11 is 0. The molecule has 0 aromatic heterocycles. The molecule has 1 aliphatic heterocycles. The molecular formula is C26H27N3O. The maximum atomic E-state index is 12.6. The number of anilines is 3. The van der Waals surface area contributed by atoms with Crippen LogP contribution in [-0.2, 0) is 11.2 Å². The predicted molar refractivity (Wildman–Crippen MR) is 125 cm³/mol. The van der Waals surface area contributed by atoms with Crippen molar-refractivity contribution in [2.75, 3.05) is 22.5 Å². The van der Waals surface area contributed by atoms with Crippen molar-refractivity contribution >= 4 is 28.7 Å². The van der Waals surface area contributed by atoms with Gasteiger partial charge in [0.1, 0.15) is 0 Å². The van der Waals surface area contributed by atoms with E-state index in [1.165, 1.54) is 5.56 Å². The highest BCUT2D eigenvalue weighted by Gasteiger charge is 2.30. The van der Waals surface area contributed by atoms with E-state index in [9.17, 15) is 4.79 Å². The molecule has 1 heterocycles. The fourth-order valence-electron chi connectivity index (χ4n) is 3.93. The number of carbonyl (C=O) groups excluding carboxylic acids is 1. The molecule has 1 unspecified atom stereocenters. The molecule has 1 fully saturated rings. The van der Waals surface area contributed by atoms with Gasteiger partial charge in [0.25, 0.3) is 0 Å². The zero-order valence-electron chi connectivity index (χ0n) is 17.1. The molecule has 4 rings (SSSR count). The smallest absolute Gasteiger partial charge is 0.227 e. The minimum Gasteiger partial charge on any atom is -0.397 e. The number of para-hydroxylation sites is 2. The Kier molecular flexibility index (Phi) is 5.84. The molecule has 0 spiro atoms. The maximum absolute atomic E-state index is 12.6. The second-order valence-electron chi connectivity index (χ2n) is 7.84. The Balaban J connectivity index is 1.37. The fourth-order valence-corrected chi connectivity index (χ4v) is 3.93. The Bertz CT molecular complexity index is 1030. The van der Waals surface area contributed by atoms with Crippen molar-refractivity contribution in [2.24, 2.45) is 5.92 Å². The lowest BCUT2D eigenvalue weighted by Gasteiger charge is -2.18. The van der Waals surface area contributed by atoms with Gasteiger partial charge in [-0.3, -0.25) is 4.79 Å². The van der Waals surface area contributed by atoms with Crippen molar-refractivity contribution < 1.29 is 4.79 Å². The number of hydrogen-bond acceptors (Lipinski definition) is 3. The summed E-state index contributed by atoms with van der Waals surface area (Å²) in [5, 5.41) is 3.26. The summed E-state index contributed by atoms with van der Waals surface area (Å²) < 4.78 is 0. The average molecular weight is 398 g/mol. The average Bonchev–Trinajstić information content (AvgIpc) is 3.15.